The number of carbonyl (C=O) groups excluding carboxylic acids is 3. The fourth-order valence-electron chi connectivity index (χ4n) is 4.34. The molecule has 210 valence electrons. The summed E-state index contributed by atoms with van der Waals surface area (Å²) in [6, 6.07) is 1.40. The number of imidazole rings is 1. The highest BCUT2D eigenvalue weighted by Crippen LogP contribution is 2.20. The second-order valence-corrected chi connectivity index (χ2v) is 9.34. The SMILES string of the molecule is NC(CCC(=O)O)C(=O)NC(Cc1cnc[nH]1)C(=O)NC(Cc1ccc(O)cc1)C(=O)N1CCCC1C(=O)O. The Bertz CT molecular complexity index is 1170. The van der Waals surface area contributed by atoms with Crippen molar-refractivity contribution in [3.63, 3.8) is 0 Å². The topological polar surface area (TPSA) is 228 Å². The van der Waals surface area contributed by atoms with E-state index in [0.29, 0.717) is 17.7 Å². The lowest BCUT2D eigenvalue weighted by Gasteiger charge is -2.29. The summed E-state index contributed by atoms with van der Waals surface area (Å²) < 4.78 is 0. The number of aromatic hydroxyl groups is 1. The van der Waals surface area contributed by atoms with E-state index in [4.69, 9.17) is 10.8 Å². The number of aliphatic carboxylic acids is 2. The molecule has 0 bridgehead atoms. The number of nitrogens with zero attached hydrogens (tertiary/aromatic N) is 2. The first-order valence-corrected chi connectivity index (χ1v) is 12.4. The number of carboxylic acid groups (broad SMARTS) is 2. The summed E-state index contributed by atoms with van der Waals surface area (Å²) in [6.45, 7) is 0.213. The predicted octanol–water partition coefficient (Wildman–Crippen LogP) is -0.862. The van der Waals surface area contributed by atoms with Gasteiger partial charge < -0.3 is 41.6 Å². The van der Waals surface area contributed by atoms with E-state index in [2.05, 4.69) is 20.6 Å². The third-order valence-electron chi connectivity index (χ3n) is 6.43. The number of carboxylic acids is 2. The van der Waals surface area contributed by atoms with Gasteiger partial charge in [-0.1, -0.05) is 12.1 Å². The predicted molar refractivity (Wildman–Crippen MR) is 135 cm³/mol. The first-order chi connectivity index (χ1) is 18.5. The van der Waals surface area contributed by atoms with Crippen LogP contribution in [0.15, 0.2) is 36.8 Å². The molecule has 1 aliphatic rings. The summed E-state index contributed by atoms with van der Waals surface area (Å²) >= 11 is 0. The van der Waals surface area contributed by atoms with Crippen molar-refractivity contribution < 1.29 is 39.3 Å². The van der Waals surface area contributed by atoms with Crippen LogP contribution in [0.5, 0.6) is 5.75 Å². The summed E-state index contributed by atoms with van der Waals surface area (Å²) in [5.74, 6) is -4.32. The zero-order valence-corrected chi connectivity index (χ0v) is 21.1. The number of hydrogen-bond donors (Lipinski definition) is 7. The molecule has 3 amide bonds. The summed E-state index contributed by atoms with van der Waals surface area (Å²) in [4.78, 5) is 70.1. The van der Waals surface area contributed by atoms with Gasteiger partial charge in [0.05, 0.1) is 12.4 Å². The molecule has 3 rings (SSSR count). The number of amides is 3. The van der Waals surface area contributed by atoms with Gasteiger partial charge in [0.1, 0.15) is 23.9 Å². The van der Waals surface area contributed by atoms with Gasteiger partial charge in [-0.05, 0) is 37.0 Å². The molecule has 2 heterocycles. The number of H-pyrrole nitrogens is 1. The molecule has 1 saturated heterocycles. The molecule has 0 aliphatic carbocycles. The second-order valence-electron chi connectivity index (χ2n) is 9.34. The van der Waals surface area contributed by atoms with Crippen LogP contribution in [-0.2, 0) is 36.8 Å². The van der Waals surface area contributed by atoms with E-state index < -0.39 is 53.8 Å². The van der Waals surface area contributed by atoms with Crippen LogP contribution in [0.25, 0.3) is 0 Å². The quantitative estimate of drug-likeness (QED) is 0.165. The summed E-state index contributed by atoms with van der Waals surface area (Å²) in [5.41, 5.74) is 6.91. The monoisotopic (exact) mass is 544 g/mol. The van der Waals surface area contributed by atoms with Crippen molar-refractivity contribution in [2.45, 2.75) is 62.7 Å². The van der Waals surface area contributed by atoms with E-state index in [9.17, 15) is 34.2 Å². The zero-order chi connectivity index (χ0) is 28.5. The van der Waals surface area contributed by atoms with Crippen LogP contribution >= 0.6 is 0 Å². The molecule has 1 fully saturated rings. The number of likely N-dealkylation sites (tertiary alicyclic amines) is 1. The number of aromatic nitrogens is 2. The van der Waals surface area contributed by atoms with Crippen LogP contribution < -0.4 is 16.4 Å². The average molecular weight is 545 g/mol. The number of nitrogens with one attached hydrogen (secondary N) is 3. The van der Waals surface area contributed by atoms with Gasteiger partial charge in [0.2, 0.25) is 17.7 Å². The highest BCUT2D eigenvalue weighted by Gasteiger charge is 2.38. The Labute approximate surface area is 223 Å². The van der Waals surface area contributed by atoms with Crippen molar-refractivity contribution in [3.05, 3.63) is 48.0 Å². The van der Waals surface area contributed by atoms with Gasteiger partial charge in [0.15, 0.2) is 0 Å². The lowest BCUT2D eigenvalue weighted by molar-refractivity contribution is -0.149. The van der Waals surface area contributed by atoms with Crippen LogP contribution in [0.2, 0.25) is 0 Å². The van der Waals surface area contributed by atoms with Crippen LogP contribution in [0, 0.1) is 0 Å². The largest absolute Gasteiger partial charge is 0.508 e. The first kappa shape index (κ1) is 29.1. The maximum absolute atomic E-state index is 13.5. The Balaban J connectivity index is 1.82. The van der Waals surface area contributed by atoms with E-state index in [1.807, 2.05) is 0 Å². The van der Waals surface area contributed by atoms with Crippen molar-refractivity contribution in [1.82, 2.24) is 25.5 Å². The molecule has 1 aliphatic heterocycles. The Morgan fingerprint density at radius 2 is 1.74 bits per heavy atom. The molecular weight excluding hydrogens is 512 g/mol. The number of aromatic amines is 1. The molecule has 39 heavy (non-hydrogen) atoms. The molecular formula is C25H32N6O8. The lowest BCUT2D eigenvalue weighted by atomic mass is 10.0. The molecule has 8 N–H and O–H groups in total. The van der Waals surface area contributed by atoms with E-state index in [1.54, 1.807) is 12.1 Å². The van der Waals surface area contributed by atoms with E-state index in [1.165, 1.54) is 29.6 Å². The van der Waals surface area contributed by atoms with Gasteiger partial charge in [-0.25, -0.2) is 9.78 Å². The minimum atomic E-state index is -1.21. The summed E-state index contributed by atoms with van der Waals surface area (Å²) in [7, 11) is 0. The van der Waals surface area contributed by atoms with Gasteiger partial charge in [0, 0.05) is 37.7 Å². The lowest BCUT2D eigenvalue weighted by Crippen LogP contribution is -2.58. The van der Waals surface area contributed by atoms with Crippen LogP contribution in [-0.4, -0.2) is 90.6 Å². The van der Waals surface area contributed by atoms with Gasteiger partial charge in [-0.3, -0.25) is 19.2 Å². The van der Waals surface area contributed by atoms with Gasteiger partial charge in [0.25, 0.3) is 0 Å². The average Bonchev–Trinajstić information content (AvgIpc) is 3.59. The van der Waals surface area contributed by atoms with Gasteiger partial charge in [-0.2, -0.15) is 0 Å². The minimum absolute atomic E-state index is 0.00343. The van der Waals surface area contributed by atoms with E-state index >= 15 is 0 Å². The normalized spacial score (nSPS) is 17.2. The molecule has 4 unspecified atom stereocenters. The minimum Gasteiger partial charge on any atom is -0.508 e. The molecule has 0 spiro atoms. The van der Waals surface area contributed by atoms with Crippen molar-refractivity contribution >= 4 is 29.7 Å². The van der Waals surface area contributed by atoms with Crippen LogP contribution in [0.3, 0.4) is 0 Å². The third kappa shape index (κ3) is 8.26. The van der Waals surface area contributed by atoms with E-state index in [0.717, 1.165) is 0 Å². The number of hydrogen-bond acceptors (Lipinski definition) is 8. The molecule has 14 nitrogen and oxygen atoms in total. The molecule has 1 aromatic carbocycles. The molecule has 14 heteroatoms. The van der Waals surface area contributed by atoms with Crippen molar-refractivity contribution in [1.29, 1.82) is 0 Å². The number of carbonyl (C=O) groups is 5. The molecule has 0 radical (unpaired) electrons. The van der Waals surface area contributed by atoms with Crippen molar-refractivity contribution in [2.24, 2.45) is 5.73 Å². The maximum Gasteiger partial charge on any atom is 0.326 e. The molecule has 4 atom stereocenters. The number of phenols is 1. The van der Waals surface area contributed by atoms with Crippen LogP contribution in [0.4, 0.5) is 0 Å². The fraction of sp³-hybridized carbons (Fsp3) is 0.440. The Morgan fingerprint density at radius 3 is 2.36 bits per heavy atom. The zero-order valence-electron chi connectivity index (χ0n) is 21.1. The van der Waals surface area contributed by atoms with Crippen molar-refractivity contribution in [3.8, 4) is 5.75 Å². The molecule has 2 aromatic rings. The van der Waals surface area contributed by atoms with E-state index in [-0.39, 0.29) is 44.4 Å². The van der Waals surface area contributed by atoms with Gasteiger partial charge >= 0.3 is 11.9 Å². The maximum atomic E-state index is 13.5. The Kier molecular flexibility index (Phi) is 9.98. The van der Waals surface area contributed by atoms with Crippen LogP contribution in [0.1, 0.15) is 36.9 Å². The standard InChI is InChI=1S/C25H32N6O8/c26-17(7-8-21(33)34)22(35)29-18(11-15-12-27-13-28-15)23(36)30-19(10-14-3-5-16(32)6-4-14)24(37)31-9-1-2-20(31)25(38)39/h3-6,12-13,17-20,32H,1-2,7-11,26H2,(H,27,28)(H,29,35)(H,30,36)(H,33,34)(H,38,39). The number of rotatable bonds is 13. The van der Waals surface area contributed by atoms with Gasteiger partial charge in [-0.15, -0.1) is 0 Å². The highest BCUT2D eigenvalue weighted by atomic mass is 16.4. The Morgan fingerprint density at radius 1 is 1.05 bits per heavy atom. The highest BCUT2D eigenvalue weighted by molar-refractivity contribution is 5.94. The fourth-order valence-corrected chi connectivity index (χ4v) is 4.34. The third-order valence-corrected chi connectivity index (χ3v) is 6.43. The summed E-state index contributed by atoms with van der Waals surface area (Å²) in [6.07, 6.45) is 3.10. The smallest absolute Gasteiger partial charge is 0.326 e. The number of benzene rings is 1. The molecule has 1 aromatic heterocycles. The molecule has 0 saturated carbocycles. The number of phenolic OH excluding ortho intramolecular Hbond substituents is 1. The second kappa shape index (κ2) is 13.4. The summed E-state index contributed by atoms with van der Waals surface area (Å²) in [5, 5.41) is 33.2. The number of nitrogens with two attached hydrogens (primary N) is 1. The Hall–Kier alpha value is -4.46. The van der Waals surface area contributed by atoms with Crippen molar-refractivity contribution in [2.75, 3.05) is 6.54 Å². The first-order valence-electron chi connectivity index (χ1n) is 12.4.